The molecule has 0 aliphatic rings. The summed E-state index contributed by atoms with van der Waals surface area (Å²) in [6.45, 7) is 0. The van der Waals surface area contributed by atoms with Crippen LogP contribution in [0.4, 0.5) is 23.0 Å². The normalized spacial score (nSPS) is 10.1. The molecule has 0 saturated carbocycles. The molecule has 144 valence electrons. The molecule has 1 aromatic carbocycles. The van der Waals surface area contributed by atoms with Crippen LogP contribution in [0.1, 0.15) is 10.4 Å². The smallest absolute Gasteiger partial charge is 0.269 e. The lowest BCUT2D eigenvalue weighted by Gasteiger charge is -2.15. The quantitative estimate of drug-likeness (QED) is 0.453. The molecule has 0 radical (unpaired) electrons. The van der Waals surface area contributed by atoms with Crippen molar-refractivity contribution in [2.45, 2.75) is 0 Å². The van der Waals surface area contributed by atoms with E-state index >= 15 is 0 Å². The van der Waals surface area contributed by atoms with Crippen LogP contribution in [0.2, 0.25) is 0 Å². The molecule has 0 atom stereocenters. The highest BCUT2D eigenvalue weighted by molar-refractivity contribution is 5.95. The minimum atomic E-state index is -0.357. The molecule has 3 rings (SSSR count). The molecule has 5 N–H and O–H groups in total. The number of anilines is 4. The standard InChI is InChI=1S/C18H19N7O3/c1-27-12-3-4-14(28-2)13(9-12)23-16-15(19)17(22-10-21-16)24-25-18(26)11-5-7-20-8-6-11/h3-10H,19H2,1-2H3,(H,25,26)(H2,21,22,23,24). The number of amides is 1. The zero-order valence-corrected chi connectivity index (χ0v) is 15.3. The molecule has 0 aliphatic carbocycles. The maximum atomic E-state index is 12.1. The molecule has 28 heavy (non-hydrogen) atoms. The van der Waals surface area contributed by atoms with Gasteiger partial charge in [0.1, 0.15) is 23.5 Å². The van der Waals surface area contributed by atoms with Crippen LogP contribution in [0.15, 0.2) is 49.1 Å². The summed E-state index contributed by atoms with van der Waals surface area (Å²) in [6.07, 6.45) is 4.36. The largest absolute Gasteiger partial charge is 0.497 e. The number of nitrogen functional groups attached to an aromatic ring is 1. The first kappa shape index (κ1) is 18.7. The number of pyridine rings is 1. The van der Waals surface area contributed by atoms with Gasteiger partial charge in [0, 0.05) is 24.0 Å². The van der Waals surface area contributed by atoms with Crippen molar-refractivity contribution in [3.8, 4) is 11.5 Å². The molecule has 0 bridgehead atoms. The number of nitrogens with two attached hydrogens (primary N) is 1. The summed E-state index contributed by atoms with van der Waals surface area (Å²) in [7, 11) is 3.12. The molecular formula is C18H19N7O3. The third kappa shape index (κ3) is 4.18. The number of carbonyl (C=O) groups is 1. The van der Waals surface area contributed by atoms with Gasteiger partial charge in [0.05, 0.1) is 19.9 Å². The summed E-state index contributed by atoms with van der Waals surface area (Å²) >= 11 is 0. The summed E-state index contributed by atoms with van der Waals surface area (Å²) < 4.78 is 10.6. The van der Waals surface area contributed by atoms with Crippen molar-refractivity contribution in [1.29, 1.82) is 0 Å². The van der Waals surface area contributed by atoms with Crippen LogP contribution >= 0.6 is 0 Å². The zero-order chi connectivity index (χ0) is 19.9. The van der Waals surface area contributed by atoms with Crippen molar-refractivity contribution in [3.05, 3.63) is 54.6 Å². The van der Waals surface area contributed by atoms with Crippen molar-refractivity contribution in [1.82, 2.24) is 20.4 Å². The number of carbonyl (C=O) groups excluding carboxylic acids is 1. The van der Waals surface area contributed by atoms with Gasteiger partial charge in [-0.3, -0.25) is 20.6 Å². The molecule has 0 aliphatic heterocycles. The van der Waals surface area contributed by atoms with Crippen molar-refractivity contribution < 1.29 is 14.3 Å². The van der Waals surface area contributed by atoms with Crippen LogP contribution in [-0.4, -0.2) is 35.1 Å². The summed E-state index contributed by atoms with van der Waals surface area (Å²) in [5, 5.41) is 3.08. The van der Waals surface area contributed by atoms with Gasteiger partial charge in [0.25, 0.3) is 5.91 Å². The Hall–Kier alpha value is -4.08. The van der Waals surface area contributed by atoms with E-state index in [1.54, 1.807) is 44.6 Å². The first-order chi connectivity index (χ1) is 13.6. The van der Waals surface area contributed by atoms with Crippen molar-refractivity contribution in [2.75, 3.05) is 30.7 Å². The molecule has 0 saturated heterocycles. The van der Waals surface area contributed by atoms with E-state index in [0.29, 0.717) is 28.6 Å². The van der Waals surface area contributed by atoms with E-state index in [9.17, 15) is 4.79 Å². The number of methoxy groups -OCH3 is 2. The molecule has 2 aromatic heterocycles. The number of hydrogen-bond acceptors (Lipinski definition) is 9. The molecular weight excluding hydrogens is 362 g/mol. The van der Waals surface area contributed by atoms with Gasteiger partial charge >= 0.3 is 0 Å². The van der Waals surface area contributed by atoms with Crippen LogP contribution in [-0.2, 0) is 0 Å². The van der Waals surface area contributed by atoms with E-state index in [4.69, 9.17) is 15.2 Å². The number of ether oxygens (including phenoxy) is 2. The highest BCUT2D eigenvalue weighted by atomic mass is 16.5. The monoisotopic (exact) mass is 381 g/mol. The Labute approximate surface area is 161 Å². The van der Waals surface area contributed by atoms with Crippen LogP contribution in [0.5, 0.6) is 11.5 Å². The lowest BCUT2D eigenvalue weighted by molar-refractivity contribution is 0.0962. The number of aromatic nitrogens is 3. The number of rotatable bonds is 7. The van der Waals surface area contributed by atoms with Gasteiger partial charge in [-0.05, 0) is 24.3 Å². The number of benzene rings is 1. The second kappa shape index (κ2) is 8.54. The molecule has 10 heteroatoms. The van der Waals surface area contributed by atoms with Crippen LogP contribution < -0.4 is 31.4 Å². The lowest BCUT2D eigenvalue weighted by Crippen LogP contribution is -2.30. The summed E-state index contributed by atoms with van der Waals surface area (Å²) in [6, 6.07) is 8.45. The minimum Gasteiger partial charge on any atom is -0.497 e. The number of hydrazine groups is 1. The molecule has 0 fully saturated rings. The van der Waals surface area contributed by atoms with Gasteiger partial charge in [-0.1, -0.05) is 0 Å². The Morgan fingerprint density at radius 3 is 2.50 bits per heavy atom. The Balaban J connectivity index is 1.77. The second-order valence-electron chi connectivity index (χ2n) is 5.49. The third-order valence-electron chi connectivity index (χ3n) is 3.78. The molecule has 1 amide bonds. The Morgan fingerprint density at radius 1 is 1.04 bits per heavy atom. The Morgan fingerprint density at radius 2 is 1.79 bits per heavy atom. The summed E-state index contributed by atoms with van der Waals surface area (Å²) in [5.41, 5.74) is 12.6. The number of hydrogen-bond donors (Lipinski definition) is 4. The Kier molecular flexibility index (Phi) is 5.70. The lowest BCUT2D eigenvalue weighted by atomic mass is 10.2. The van der Waals surface area contributed by atoms with E-state index in [2.05, 4.69) is 31.1 Å². The molecule has 3 aromatic rings. The third-order valence-corrected chi connectivity index (χ3v) is 3.78. The van der Waals surface area contributed by atoms with Gasteiger partial charge in [0.15, 0.2) is 11.6 Å². The molecule has 0 unspecified atom stereocenters. The van der Waals surface area contributed by atoms with E-state index in [1.165, 1.54) is 18.7 Å². The maximum Gasteiger partial charge on any atom is 0.269 e. The average molecular weight is 381 g/mol. The van der Waals surface area contributed by atoms with E-state index < -0.39 is 0 Å². The van der Waals surface area contributed by atoms with Gasteiger partial charge in [-0.2, -0.15) is 0 Å². The highest BCUT2D eigenvalue weighted by Crippen LogP contribution is 2.33. The van der Waals surface area contributed by atoms with Gasteiger partial charge in [-0.15, -0.1) is 0 Å². The second-order valence-corrected chi connectivity index (χ2v) is 5.49. The molecule has 0 spiro atoms. The first-order valence-electron chi connectivity index (χ1n) is 8.18. The van der Waals surface area contributed by atoms with Crippen LogP contribution in [0, 0.1) is 0 Å². The van der Waals surface area contributed by atoms with E-state index in [1.807, 2.05) is 0 Å². The summed E-state index contributed by atoms with van der Waals surface area (Å²) in [4.78, 5) is 24.2. The van der Waals surface area contributed by atoms with Crippen molar-refractivity contribution in [2.24, 2.45) is 0 Å². The van der Waals surface area contributed by atoms with Gasteiger partial charge in [0.2, 0.25) is 0 Å². The maximum absolute atomic E-state index is 12.1. The highest BCUT2D eigenvalue weighted by Gasteiger charge is 2.13. The van der Waals surface area contributed by atoms with Crippen LogP contribution in [0.3, 0.4) is 0 Å². The van der Waals surface area contributed by atoms with Crippen molar-refractivity contribution >= 4 is 28.9 Å². The SMILES string of the molecule is COc1ccc(OC)c(Nc2ncnc(NNC(=O)c3ccncc3)c2N)c1. The predicted octanol–water partition coefficient (Wildman–Crippen LogP) is 1.97. The minimum absolute atomic E-state index is 0.211. The van der Waals surface area contributed by atoms with E-state index in [0.717, 1.165) is 0 Å². The van der Waals surface area contributed by atoms with Crippen LogP contribution in [0.25, 0.3) is 0 Å². The fourth-order valence-electron chi connectivity index (χ4n) is 2.33. The topological polar surface area (TPSA) is 136 Å². The van der Waals surface area contributed by atoms with E-state index in [-0.39, 0.29) is 17.4 Å². The fraction of sp³-hybridized carbons (Fsp3) is 0.111. The fourth-order valence-corrected chi connectivity index (χ4v) is 2.33. The molecule has 2 heterocycles. The summed E-state index contributed by atoms with van der Waals surface area (Å²) in [5.74, 6) is 1.44. The van der Waals surface area contributed by atoms with Crippen molar-refractivity contribution in [3.63, 3.8) is 0 Å². The van der Waals surface area contributed by atoms with Gasteiger partial charge < -0.3 is 20.5 Å². The Bertz CT molecular complexity index is 967. The number of nitrogens with one attached hydrogen (secondary N) is 3. The average Bonchev–Trinajstić information content (AvgIpc) is 2.74. The van der Waals surface area contributed by atoms with Gasteiger partial charge in [-0.25, -0.2) is 9.97 Å². The first-order valence-corrected chi connectivity index (χ1v) is 8.18. The predicted molar refractivity (Wildman–Crippen MR) is 105 cm³/mol. The zero-order valence-electron chi connectivity index (χ0n) is 15.3. The molecule has 10 nitrogen and oxygen atoms in total. The number of nitrogens with zero attached hydrogens (tertiary/aromatic N) is 3.